The van der Waals surface area contributed by atoms with Gasteiger partial charge in [-0.05, 0) is 19.3 Å². The fourth-order valence-corrected chi connectivity index (χ4v) is 4.09. The summed E-state index contributed by atoms with van der Waals surface area (Å²) in [5.74, 6) is -3.97. The molecule has 0 aliphatic carbocycles. The highest BCUT2D eigenvalue weighted by atomic mass is 16.4. The van der Waals surface area contributed by atoms with E-state index in [4.69, 9.17) is 0 Å². The van der Waals surface area contributed by atoms with Gasteiger partial charge in [0.15, 0.2) is 0 Å². The molecular weight excluding hydrogens is 434 g/mol. The van der Waals surface area contributed by atoms with Crippen molar-refractivity contribution in [1.29, 1.82) is 0 Å². The van der Waals surface area contributed by atoms with Gasteiger partial charge in [0.05, 0.1) is 43.9 Å². The molecule has 0 aromatic rings. The van der Waals surface area contributed by atoms with Gasteiger partial charge in [-0.1, -0.05) is 65.5 Å². The second-order valence-corrected chi connectivity index (χ2v) is 10.1. The molecule has 0 rings (SSSR count). The average Bonchev–Trinajstić information content (AvgIpc) is 2.79. The molecule has 7 nitrogen and oxygen atoms in total. The molecule has 0 bridgehead atoms. The minimum atomic E-state index is -0.835. The third kappa shape index (κ3) is 15.1. The number of unbranched alkanes of at least 4 members (excludes halogenated alkanes) is 6. The second-order valence-electron chi connectivity index (χ2n) is 10.1. The molecule has 0 aliphatic heterocycles. The minimum absolute atomic E-state index is 0.487. The maximum atomic E-state index is 11.4. The Labute approximate surface area is 206 Å². The molecule has 0 aromatic carbocycles. The summed E-state index contributed by atoms with van der Waals surface area (Å²) in [4.78, 5) is 34.2. The monoisotopic (exact) mass is 484 g/mol. The zero-order valence-electron chi connectivity index (χ0n) is 22.0. The molecule has 3 N–H and O–H groups in total. The van der Waals surface area contributed by atoms with Crippen LogP contribution >= 0.6 is 0 Å². The number of carboxylic acid groups (broad SMARTS) is 3. The lowest BCUT2D eigenvalue weighted by atomic mass is 10.0. The van der Waals surface area contributed by atoms with Gasteiger partial charge < -0.3 is 19.8 Å². The van der Waals surface area contributed by atoms with Crippen LogP contribution in [0.1, 0.15) is 98.3 Å². The summed E-state index contributed by atoms with van der Waals surface area (Å²) in [6.45, 7) is 9.95. The highest BCUT2D eigenvalue weighted by Gasteiger charge is 2.31. The molecule has 7 heteroatoms. The summed E-state index contributed by atoms with van der Waals surface area (Å²) in [5.41, 5.74) is 0. The summed E-state index contributed by atoms with van der Waals surface area (Å²) in [6.07, 6.45) is 15.2. The molecule has 198 valence electrons. The van der Waals surface area contributed by atoms with E-state index in [1.165, 1.54) is 32.1 Å². The van der Waals surface area contributed by atoms with Gasteiger partial charge in [-0.2, -0.15) is 0 Å². The van der Waals surface area contributed by atoms with E-state index < -0.39 is 35.7 Å². The van der Waals surface area contributed by atoms with Crippen LogP contribution in [-0.2, 0) is 14.4 Å². The van der Waals surface area contributed by atoms with Crippen LogP contribution in [0.5, 0.6) is 0 Å². The van der Waals surface area contributed by atoms with E-state index in [2.05, 4.69) is 19.1 Å². The third-order valence-corrected chi connectivity index (χ3v) is 7.02. The van der Waals surface area contributed by atoms with Crippen molar-refractivity contribution in [2.45, 2.75) is 98.3 Å². The van der Waals surface area contributed by atoms with Gasteiger partial charge in [-0.15, -0.1) is 0 Å². The lowest BCUT2D eigenvalue weighted by Crippen LogP contribution is -2.52. The highest BCUT2D eigenvalue weighted by molar-refractivity contribution is 5.70. The maximum absolute atomic E-state index is 11.4. The van der Waals surface area contributed by atoms with E-state index in [0.717, 1.165) is 25.8 Å². The Hall–Kier alpha value is -1.89. The molecule has 34 heavy (non-hydrogen) atoms. The van der Waals surface area contributed by atoms with Crippen LogP contribution in [-0.4, -0.2) is 63.9 Å². The molecule has 0 saturated carbocycles. The summed E-state index contributed by atoms with van der Waals surface area (Å²) >= 11 is 0. The Kier molecular flexibility index (Phi) is 17.4. The number of quaternary nitrogens is 1. The van der Waals surface area contributed by atoms with Gasteiger partial charge in [0.25, 0.3) is 0 Å². The van der Waals surface area contributed by atoms with Crippen LogP contribution in [0.25, 0.3) is 0 Å². The smallest absolute Gasteiger partial charge is 0.306 e. The standard InChI is InChI=1S/C27H49NO6/c1-5-6-7-8-9-10-11-12-13-14-18-28(19-15-22(2)25(29)30,20-16-23(3)26(31)32)21-17-24(4)27(33)34/h11-12,22-24H,5-10,13-21H2,1-4H3,(H2-,29,30,31,32,33,34)/p+1/b12-11+. The average molecular weight is 485 g/mol. The van der Waals surface area contributed by atoms with Gasteiger partial charge in [0.2, 0.25) is 0 Å². The SMILES string of the molecule is CCCCCCC/C=C/CCC[N+](CCC(C)C(=O)O)(CCC(C)C(=O)O)CCC(C)C(=O)O. The number of rotatable bonds is 22. The van der Waals surface area contributed by atoms with E-state index >= 15 is 0 Å². The molecule has 0 fully saturated rings. The Bertz CT molecular complexity index is 558. The predicted molar refractivity (Wildman–Crippen MR) is 136 cm³/mol. The first-order valence-electron chi connectivity index (χ1n) is 13.2. The van der Waals surface area contributed by atoms with Crippen molar-refractivity contribution in [2.24, 2.45) is 17.8 Å². The number of carboxylic acids is 3. The quantitative estimate of drug-likeness (QED) is 0.101. The molecule has 0 amide bonds. The zero-order chi connectivity index (χ0) is 26.0. The van der Waals surface area contributed by atoms with Crippen molar-refractivity contribution in [3.63, 3.8) is 0 Å². The van der Waals surface area contributed by atoms with Crippen molar-refractivity contribution in [3.05, 3.63) is 12.2 Å². The van der Waals surface area contributed by atoms with Crippen LogP contribution in [0.2, 0.25) is 0 Å². The van der Waals surface area contributed by atoms with E-state index in [-0.39, 0.29) is 0 Å². The van der Waals surface area contributed by atoms with Crippen molar-refractivity contribution < 1.29 is 34.2 Å². The first-order valence-corrected chi connectivity index (χ1v) is 13.2. The van der Waals surface area contributed by atoms with Gasteiger partial charge in [-0.25, -0.2) is 0 Å². The Morgan fingerprint density at radius 3 is 1.38 bits per heavy atom. The molecule has 0 aromatic heterocycles. The first kappa shape index (κ1) is 32.1. The minimum Gasteiger partial charge on any atom is -0.481 e. The topological polar surface area (TPSA) is 112 Å². The molecule has 0 spiro atoms. The molecule has 0 heterocycles. The molecular formula is C27H50NO6+. The van der Waals surface area contributed by atoms with Crippen molar-refractivity contribution in [1.82, 2.24) is 0 Å². The lowest BCUT2D eigenvalue weighted by Gasteiger charge is -2.40. The van der Waals surface area contributed by atoms with Crippen molar-refractivity contribution >= 4 is 17.9 Å². The Morgan fingerprint density at radius 2 is 1.00 bits per heavy atom. The van der Waals surface area contributed by atoms with Crippen LogP contribution < -0.4 is 0 Å². The van der Waals surface area contributed by atoms with Crippen LogP contribution in [0, 0.1) is 17.8 Å². The van der Waals surface area contributed by atoms with E-state index in [9.17, 15) is 29.7 Å². The number of aliphatic carboxylic acids is 3. The molecule has 0 radical (unpaired) electrons. The van der Waals surface area contributed by atoms with Crippen LogP contribution in [0.4, 0.5) is 0 Å². The normalized spacial score (nSPS) is 16.1. The van der Waals surface area contributed by atoms with E-state index in [1.807, 2.05) is 0 Å². The summed E-state index contributed by atoms with van der Waals surface area (Å²) in [5, 5.41) is 28.1. The van der Waals surface area contributed by atoms with Gasteiger partial charge >= 0.3 is 17.9 Å². The van der Waals surface area contributed by atoms with Gasteiger partial charge in [0, 0.05) is 25.7 Å². The van der Waals surface area contributed by atoms with Crippen LogP contribution in [0.3, 0.4) is 0 Å². The number of nitrogens with zero attached hydrogens (tertiary/aromatic N) is 1. The van der Waals surface area contributed by atoms with Gasteiger partial charge in [-0.3, -0.25) is 14.4 Å². The summed E-state index contributed by atoms with van der Waals surface area (Å²) in [6, 6.07) is 0. The third-order valence-electron chi connectivity index (χ3n) is 7.02. The lowest BCUT2D eigenvalue weighted by molar-refractivity contribution is -0.929. The fraction of sp³-hybridized carbons (Fsp3) is 0.815. The van der Waals surface area contributed by atoms with Crippen molar-refractivity contribution in [2.75, 3.05) is 26.2 Å². The second kappa shape index (κ2) is 18.4. The van der Waals surface area contributed by atoms with Crippen molar-refractivity contribution in [3.8, 4) is 0 Å². The Balaban J connectivity index is 5.16. The number of allylic oxidation sites excluding steroid dienone is 2. The van der Waals surface area contributed by atoms with Crippen LogP contribution in [0.15, 0.2) is 12.2 Å². The fourth-order valence-electron chi connectivity index (χ4n) is 4.09. The predicted octanol–water partition coefficient (Wildman–Crippen LogP) is 5.83. The summed E-state index contributed by atoms with van der Waals surface area (Å²) < 4.78 is 0.581. The first-order chi connectivity index (χ1) is 16.0. The zero-order valence-corrected chi connectivity index (χ0v) is 22.0. The molecule has 0 saturated heterocycles. The van der Waals surface area contributed by atoms with E-state index in [1.54, 1.807) is 20.8 Å². The summed E-state index contributed by atoms with van der Waals surface area (Å²) in [7, 11) is 0. The number of hydrogen-bond acceptors (Lipinski definition) is 3. The molecule has 3 atom stereocenters. The Morgan fingerprint density at radius 1 is 0.618 bits per heavy atom. The highest BCUT2D eigenvalue weighted by Crippen LogP contribution is 2.21. The number of carbonyl (C=O) groups is 3. The molecule has 3 unspecified atom stereocenters. The van der Waals surface area contributed by atoms with Gasteiger partial charge in [0.1, 0.15) is 0 Å². The van der Waals surface area contributed by atoms with E-state index in [0.29, 0.717) is 43.4 Å². The molecule has 0 aliphatic rings. The number of hydrogen-bond donors (Lipinski definition) is 3. The maximum Gasteiger partial charge on any atom is 0.306 e. The largest absolute Gasteiger partial charge is 0.481 e.